The Morgan fingerprint density at radius 3 is 2.31 bits per heavy atom. The van der Waals surface area contributed by atoms with Crippen LogP contribution in [-0.2, 0) is 9.59 Å². The predicted molar refractivity (Wildman–Crippen MR) is 135 cm³/mol. The van der Waals surface area contributed by atoms with Gasteiger partial charge in [-0.1, -0.05) is 36.4 Å². The normalized spacial score (nSPS) is 13.4. The van der Waals surface area contributed by atoms with Gasteiger partial charge in [0.1, 0.15) is 5.75 Å². The Kier molecular flexibility index (Phi) is 7.45. The fourth-order valence-electron chi connectivity index (χ4n) is 3.61. The molecule has 1 saturated carbocycles. The van der Waals surface area contributed by atoms with Crippen molar-refractivity contribution < 1.29 is 19.1 Å². The van der Waals surface area contributed by atoms with Crippen LogP contribution in [0.2, 0.25) is 0 Å². The smallest absolute Gasteiger partial charge is 0.260 e. The highest BCUT2D eigenvalue weighted by molar-refractivity contribution is 6.04. The zero-order chi connectivity index (χ0) is 24.8. The van der Waals surface area contributed by atoms with E-state index in [0.717, 1.165) is 18.4 Å². The van der Waals surface area contributed by atoms with Crippen LogP contribution in [0.15, 0.2) is 78.9 Å². The first-order valence-electron chi connectivity index (χ1n) is 11.7. The van der Waals surface area contributed by atoms with Crippen LogP contribution in [0.25, 0.3) is 0 Å². The lowest BCUT2D eigenvalue weighted by atomic mass is 10.1. The lowest BCUT2D eigenvalue weighted by molar-refractivity contribution is -0.134. The molecular formula is C28H29N3O4. The summed E-state index contributed by atoms with van der Waals surface area (Å²) in [5, 5.41) is 5.78. The van der Waals surface area contributed by atoms with E-state index in [-0.39, 0.29) is 36.3 Å². The molecule has 2 N–H and O–H groups in total. The molecule has 1 unspecified atom stereocenters. The number of benzene rings is 3. The van der Waals surface area contributed by atoms with Crippen molar-refractivity contribution in [1.29, 1.82) is 0 Å². The molecule has 0 saturated heterocycles. The second kappa shape index (κ2) is 10.9. The number of hydrogen-bond donors (Lipinski definition) is 2. The molecule has 0 spiro atoms. The number of amides is 3. The Labute approximate surface area is 205 Å². The predicted octanol–water partition coefficient (Wildman–Crippen LogP) is 4.89. The molecule has 180 valence electrons. The number of carbonyl (C=O) groups is 3. The molecule has 0 aliphatic heterocycles. The average molecular weight is 472 g/mol. The Morgan fingerprint density at radius 1 is 0.914 bits per heavy atom. The molecule has 0 aromatic heterocycles. The molecule has 1 aliphatic carbocycles. The second-order valence-electron chi connectivity index (χ2n) is 8.71. The molecule has 0 radical (unpaired) electrons. The van der Waals surface area contributed by atoms with Gasteiger partial charge in [-0.05, 0) is 61.7 Å². The van der Waals surface area contributed by atoms with Crippen LogP contribution in [0.1, 0.15) is 41.7 Å². The Morgan fingerprint density at radius 2 is 1.60 bits per heavy atom. The summed E-state index contributed by atoms with van der Waals surface area (Å²) in [4.78, 5) is 38.8. The van der Waals surface area contributed by atoms with Gasteiger partial charge in [0.25, 0.3) is 11.8 Å². The molecule has 0 heterocycles. The standard InChI is InChI=1S/C28H29N3O4/c1-19(22-10-6-11-23(16-22)29-27(33)20-8-4-3-5-9-20)31(2)26(32)18-35-25-13-7-12-24(17-25)30-28(34)21-14-15-21/h3-13,16-17,19,21H,14-15,18H2,1-2H3,(H,29,33)(H,30,34). The molecule has 3 aromatic carbocycles. The number of hydrogen-bond acceptors (Lipinski definition) is 4. The van der Waals surface area contributed by atoms with Crippen LogP contribution in [0.3, 0.4) is 0 Å². The van der Waals surface area contributed by atoms with E-state index in [0.29, 0.717) is 22.7 Å². The summed E-state index contributed by atoms with van der Waals surface area (Å²) in [7, 11) is 1.72. The van der Waals surface area contributed by atoms with Crippen molar-refractivity contribution in [3.8, 4) is 5.75 Å². The highest BCUT2D eigenvalue weighted by Crippen LogP contribution is 2.30. The fraction of sp³-hybridized carbons (Fsp3) is 0.250. The van der Waals surface area contributed by atoms with E-state index in [2.05, 4.69) is 10.6 Å². The van der Waals surface area contributed by atoms with E-state index in [1.165, 1.54) is 0 Å². The van der Waals surface area contributed by atoms with Crippen LogP contribution >= 0.6 is 0 Å². The van der Waals surface area contributed by atoms with Gasteiger partial charge in [0, 0.05) is 36.0 Å². The van der Waals surface area contributed by atoms with Crippen molar-refractivity contribution in [1.82, 2.24) is 4.90 Å². The van der Waals surface area contributed by atoms with Crippen molar-refractivity contribution in [2.75, 3.05) is 24.3 Å². The molecule has 0 bridgehead atoms. The maximum absolute atomic E-state index is 12.8. The van der Waals surface area contributed by atoms with Gasteiger partial charge in [0.2, 0.25) is 5.91 Å². The first-order chi connectivity index (χ1) is 16.9. The van der Waals surface area contributed by atoms with Gasteiger partial charge in [-0.2, -0.15) is 0 Å². The number of carbonyl (C=O) groups excluding carboxylic acids is 3. The minimum Gasteiger partial charge on any atom is -0.484 e. The molecule has 7 nitrogen and oxygen atoms in total. The number of ether oxygens (including phenoxy) is 1. The second-order valence-corrected chi connectivity index (χ2v) is 8.71. The van der Waals surface area contributed by atoms with Gasteiger partial charge in [0.15, 0.2) is 6.61 Å². The Bertz CT molecular complexity index is 1210. The van der Waals surface area contributed by atoms with Crippen LogP contribution < -0.4 is 15.4 Å². The topological polar surface area (TPSA) is 87.7 Å². The van der Waals surface area contributed by atoms with Gasteiger partial charge >= 0.3 is 0 Å². The maximum Gasteiger partial charge on any atom is 0.260 e. The monoisotopic (exact) mass is 471 g/mol. The minimum absolute atomic E-state index is 0.0222. The van der Waals surface area contributed by atoms with Crippen molar-refractivity contribution in [2.24, 2.45) is 5.92 Å². The third-order valence-corrected chi connectivity index (χ3v) is 6.05. The maximum atomic E-state index is 12.8. The summed E-state index contributed by atoms with van der Waals surface area (Å²) < 4.78 is 5.70. The molecule has 7 heteroatoms. The first kappa shape index (κ1) is 24.0. The third-order valence-electron chi connectivity index (χ3n) is 6.05. The number of likely N-dealkylation sites (N-methyl/N-ethyl adjacent to an activating group) is 1. The number of anilines is 2. The van der Waals surface area contributed by atoms with Gasteiger partial charge in [0.05, 0.1) is 6.04 Å². The highest BCUT2D eigenvalue weighted by Gasteiger charge is 2.29. The van der Waals surface area contributed by atoms with E-state index >= 15 is 0 Å². The fourth-order valence-corrected chi connectivity index (χ4v) is 3.61. The lowest BCUT2D eigenvalue weighted by Crippen LogP contribution is -2.33. The summed E-state index contributed by atoms with van der Waals surface area (Å²) in [6, 6.07) is 23.3. The lowest BCUT2D eigenvalue weighted by Gasteiger charge is -2.26. The number of nitrogens with one attached hydrogen (secondary N) is 2. The number of rotatable bonds is 9. The van der Waals surface area contributed by atoms with E-state index in [9.17, 15) is 14.4 Å². The molecule has 4 rings (SSSR count). The van der Waals surface area contributed by atoms with E-state index in [1.54, 1.807) is 48.3 Å². The Balaban J connectivity index is 1.33. The van der Waals surface area contributed by atoms with Crippen molar-refractivity contribution >= 4 is 29.1 Å². The molecule has 1 atom stereocenters. The van der Waals surface area contributed by atoms with E-state index in [1.807, 2.05) is 49.4 Å². The molecule has 3 amide bonds. The van der Waals surface area contributed by atoms with Crippen LogP contribution in [0.5, 0.6) is 5.75 Å². The van der Waals surface area contributed by atoms with Crippen LogP contribution in [0, 0.1) is 5.92 Å². The van der Waals surface area contributed by atoms with Gasteiger partial charge in [-0.25, -0.2) is 0 Å². The summed E-state index contributed by atoms with van der Waals surface area (Å²) in [5.74, 6) is 0.265. The molecule has 1 aliphatic rings. The van der Waals surface area contributed by atoms with Gasteiger partial charge < -0.3 is 20.3 Å². The van der Waals surface area contributed by atoms with Crippen LogP contribution in [0.4, 0.5) is 11.4 Å². The molecule has 1 fully saturated rings. The largest absolute Gasteiger partial charge is 0.484 e. The van der Waals surface area contributed by atoms with Gasteiger partial charge in [-0.15, -0.1) is 0 Å². The van der Waals surface area contributed by atoms with Crippen molar-refractivity contribution in [2.45, 2.75) is 25.8 Å². The average Bonchev–Trinajstić information content (AvgIpc) is 3.73. The molecule has 3 aromatic rings. The zero-order valence-electron chi connectivity index (χ0n) is 19.9. The Hall–Kier alpha value is -4.13. The first-order valence-corrected chi connectivity index (χ1v) is 11.7. The summed E-state index contributed by atoms with van der Waals surface area (Å²) in [6.07, 6.45) is 1.87. The van der Waals surface area contributed by atoms with E-state index < -0.39 is 0 Å². The van der Waals surface area contributed by atoms with Gasteiger partial charge in [-0.3, -0.25) is 14.4 Å². The summed E-state index contributed by atoms with van der Waals surface area (Å²) in [5.41, 5.74) is 2.77. The number of nitrogens with zero attached hydrogens (tertiary/aromatic N) is 1. The molecule has 35 heavy (non-hydrogen) atoms. The minimum atomic E-state index is -0.233. The zero-order valence-corrected chi connectivity index (χ0v) is 19.9. The highest BCUT2D eigenvalue weighted by atomic mass is 16.5. The summed E-state index contributed by atoms with van der Waals surface area (Å²) >= 11 is 0. The van der Waals surface area contributed by atoms with E-state index in [4.69, 9.17) is 4.74 Å². The van der Waals surface area contributed by atoms with Crippen molar-refractivity contribution in [3.63, 3.8) is 0 Å². The third kappa shape index (κ3) is 6.47. The van der Waals surface area contributed by atoms with Crippen molar-refractivity contribution in [3.05, 3.63) is 90.0 Å². The van der Waals surface area contributed by atoms with Crippen LogP contribution in [-0.4, -0.2) is 36.3 Å². The SMILES string of the molecule is CC(c1cccc(NC(=O)c2ccccc2)c1)N(C)C(=O)COc1cccc(NC(=O)C2CC2)c1. The quantitative estimate of drug-likeness (QED) is 0.465. The summed E-state index contributed by atoms with van der Waals surface area (Å²) in [6.45, 7) is 1.79. The molecular weight excluding hydrogens is 442 g/mol.